The summed E-state index contributed by atoms with van der Waals surface area (Å²) in [6, 6.07) is 10.5. The molecule has 0 saturated carbocycles. The maximum atomic E-state index is 13.2. The quantitative estimate of drug-likeness (QED) is 0.886. The van der Waals surface area contributed by atoms with Crippen LogP contribution in [0.4, 0.5) is 10.1 Å². The largest absolute Gasteiger partial charge is 0.377 e. The number of benzene rings is 2. The van der Waals surface area contributed by atoms with Gasteiger partial charge < -0.3 is 11.1 Å². The van der Waals surface area contributed by atoms with Crippen molar-refractivity contribution in [2.45, 2.75) is 19.9 Å². The van der Waals surface area contributed by atoms with Gasteiger partial charge in [0, 0.05) is 17.3 Å². The molecular formula is C16H18ClFN2. The first-order valence-corrected chi connectivity index (χ1v) is 6.88. The summed E-state index contributed by atoms with van der Waals surface area (Å²) in [6.45, 7) is 4.25. The normalized spacial score (nSPS) is 12.2. The molecular weight excluding hydrogens is 275 g/mol. The molecule has 106 valence electrons. The second-order valence-corrected chi connectivity index (χ2v) is 5.30. The zero-order valence-corrected chi connectivity index (χ0v) is 12.3. The van der Waals surface area contributed by atoms with Gasteiger partial charge >= 0.3 is 0 Å². The highest BCUT2D eigenvalue weighted by molar-refractivity contribution is 6.31. The van der Waals surface area contributed by atoms with Crippen molar-refractivity contribution >= 4 is 17.3 Å². The van der Waals surface area contributed by atoms with Crippen molar-refractivity contribution in [3.05, 3.63) is 63.9 Å². The Morgan fingerprint density at radius 3 is 2.50 bits per heavy atom. The van der Waals surface area contributed by atoms with Crippen LogP contribution >= 0.6 is 11.6 Å². The van der Waals surface area contributed by atoms with Crippen molar-refractivity contribution in [1.29, 1.82) is 0 Å². The van der Waals surface area contributed by atoms with Gasteiger partial charge in [0.1, 0.15) is 5.82 Å². The van der Waals surface area contributed by atoms with Crippen LogP contribution in [-0.4, -0.2) is 6.54 Å². The van der Waals surface area contributed by atoms with Gasteiger partial charge in [0.25, 0.3) is 0 Å². The lowest BCUT2D eigenvalue weighted by molar-refractivity contribution is 0.624. The summed E-state index contributed by atoms with van der Waals surface area (Å²) in [5.74, 6) is -0.236. The molecule has 0 aliphatic heterocycles. The number of nitrogens with one attached hydrogen (secondary N) is 1. The minimum atomic E-state index is -0.236. The minimum Gasteiger partial charge on any atom is -0.377 e. The molecule has 20 heavy (non-hydrogen) atoms. The van der Waals surface area contributed by atoms with E-state index in [1.165, 1.54) is 12.1 Å². The molecule has 1 unspecified atom stereocenters. The summed E-state index contributed by atoms with van der Waals surface area (Å²) < 4.78 is 13.2. The highest BCUT2D eigenvalue weighted by Gasteiger charge is 2.13. The number of rotatable bonds is 4. The van der Waals surface area contributed by atoms with Crippen LogP contribution in [0, 0.1) is 19.7 Å². The topological polar surface area (TPSA) is 38.0 Å². The number of nitrogens with two attached hydrogens (primary N) is 1. The van der Waals surface area contributed by atoms with Crippen LogP contribution in [0.15, 0.2) is 36.4 Å². The van der Waals surface area contributed by atoms with Crippen LogP contribution in [0.2, 0.25) is 5.02 Å². The number of hydrogen-bond donors (Lipinski definition) is 2. The van der Waals surface area contributed by atoms with E-state index in [-0.39, 0.29) is 11.9 Å². The molecule has 0 amide bonds. The molecule has 2 aromatic rings. The first kappa shape index (κ1) is 14.8. The summed E-state index contributed by atoms with van der Waals surface area (Å²) >= 11 is 6.12. The monoisotopic (exact) mass is 292 g/mol. The van der Waals surface area contributed by atoms with Gasteiger partial charge in [-0.25, -0.2) is 4.39 Å². The molecule has 0 aliphatic carbocycles. The van der Waals surface area contributed by atoms with Gasteiger partial charge in [-0.2, -0.15) is 0 Å². The van der Waals surface area contributed by atoms with Crippen LogP contribution in [0.1, 0.15) is 22.7 Å². The lowest BCUT2D eigenvalue weighted by Crippen LogP contribution is -2.21. The van der Waals surface area contributed by atoms with Crippen LogP contribution in [0.25, 0.3) is 0 Å². The summed E-state index contributed by atoms with van der Waals surface area (Å²) in [4.78, 5) is 0. The zero-order chi connectivity index (χ0) is 14.7. The van der Waals surface area contributed by atoms with E-state index in [1.807, 2.05) is 32.0 Å². The van der Waals surface area contributed by atoms with E-state index in [0.29, 0.717) is 11.6 Å². The van der Waals surface area contributed by atoms with Gasteiger partial charge in [0.05, 0.1) is 6.04 Å². The van der Waals surface area contributed by atoms with E-state index in [0.717, 1.165) is 22.4 Å². The molecule has 4 heteroatoms. The van der Waals surface area contributed by atoms with Gasteiger partial charge in [-0.1, -0.05) is 23.7 Å². The molecule has 0 saturated heterocycles. The van der Waals surface area contributed by atoms with Gasteiger partial charge in [-0.3, -0.25) is 0 Å². The van der Waals surface area contributed by atoms with Crippen molar-refractivity contribution in [2.75, 3.05) is 11.9 Å². The molecule has 2 nitrogen and oxygen atoms in total. The third-order valence-corrected chi connectivity index (χ3v) is 3.76. The smallest absolute Gasteiger partial charge is 0.123 e. The first-order chi connectivity index (χ1) is 9.51. The first-order valence-electron chi connectivity index (χ1n) is 6.50. The molecule has 2 aromatic carbocycles. The Morgan fingerprint density at radius 2 is 1.90 bits per heavy atom. The summed E-state index contributed by atoms with van der Waals surface area (Å²) in [7, 11) is 0. The summed E-state index contributed by atoms with van der Waals surface area (Å²) in [5, 5.41) is 4.05. The fraction of sp³-hybridized carbons (Fsp3) is 0.250. The van der Waals surface area contributed by atoms with Gasteiger partial charge in [-0.15, -0.1) is 0 Å². The Morgan fingerprint density at radius 1 is 1.15 bits per heavy atom. The lowest BCUT2D eigenvalue weighted by atomic mass is 10.0. The molecule has 0 fully saturated rings. The second-order valence-electron chi connectivity index (χ2n) is 4.90. The Balaban J connectivity index is 2.26. The van der Waals surface area contributed by atoms with E-state index in [4.69, 9.17) is 17.3 Å². The number of halogens is 2. The highest BCUT2D eigenvalue weighted by Crippen LogP contribution is 2.25. The molecule has 0 aliphatic rings. The molecule has 0 radical (unpaired) electrons. The molecule has 0 heterocycles. The van der Waals surface area contributed by atoms with Gasteiger partial charge in [0.15, 0.2) is 0 Å². The van der Waals surface area contributed by atoms with E-state index < -0.39 is 0 Å². The number of aryl methyl sites for hydroxylation is 2. The summed E-state index contributed by atoms with van der Waals surface area (Å²) in [5.41, 5.74) is 9.64. The standard InChI is InChI=1S/C16H18ClFN2/c1-10-3-5-13(8-15(10)17)20-16(9-19)14-6-4-12(18)7-11(14)2/h3-8,16,20H,9,19H2,1-2H3. The average Bonchev–Trinajstić information content (AvgIpc) is 2.41. The molecule has 0 aromatic heterocycles. The van der Waals surface area contributed by atoms with E-state index in [9.17, 15) is 4.39 Å². The molecule has 2 rings (SSSR count). The van der Waals surface area contributed by atoms with Crippen LogP contribution in [-0.2, 0) is 0 Å². The zero-order valence-electron chi connectivity index (χ0n) is 11.6. The number of anilines is 1. The SMILES string of the molecule is Cc1ccc(NC(CN)c2ccc(F)cc2C)cc1Cl. The third-order valence-electron chi connectivity index (χ3n) is 3.36. The molecule has 1 atom stereocenters. The Kier molecular flexibility index (Phi) is 4.63. The third kappa shape index (κ3) is 3.30. The van der Waals surface area contributed by atoms with Crippen molar-refractivity contribution in [2.24, 2.45) is 5.73 Å². The molecule has 3 N–H and O–H groups in total. The fourth-order valence-electron chi connectivity index (χ4n) is 2.18. The second kappa shape index (κ2) is 6.25. The van der Waals surface area contributed by atoms with Gasteiger partial charge in [0.2, 0.25) is 0 Å². The summed E-state index contributed by atoms with van der Waals surface area (Å²) in [6.07, 6.45) is 0. The van der Waals surface area contributed by atoms with E-state index >= 15 is 0 Å². The number of hydrogen-bond acceptors (Lipinski definition) is 2. The van der Waals surface area contributed by atoms with Crippen LogP contribution < -0.4 is 11.1 Å². The van der Waals surface area contributed by atoms with Gasteiger partial charge in [-0.05, 0) is 54.8 Å². The fourth-order valence-corrected chi connectivity index (χ4v) is 2.36. The molecule has 0 spiro atoms. The van der Waals surface area contributed by atoms with Crippen LogP contribution in [0.5, 0.6) is 0 Å². The average molecular weight is 293 g/mol. The highest BCUT2D eigenvalue weighted by atomic mass is 35.5. The Labute approximate surface area is 123 Å². The van der Waals surface area contributed by atoms with E-state index in [1.54, 1.807) is 6.07 Å². The van der Waals surface area contributed by atoms with Crippen molar-refractivity contribution < 1.29 is 4.39 Å². The maximum absolute atomic E-state index is 13.2. The predicted octanol–water partition coefficient (Wildman–Crippen LogP) is 4.21. The maximum Gasteiger partial charge on any atom is 0.123 e. The van der Waals surface area contributed by atoms with Crippen molar-refractivity contribution in [1.82, 2.24) is 0 Å². The van der Waals surface area contributed by atoms with Crippen molar-refractivity contribution in [3.8, 4) is 0 Å². The predicted molar refractivity (Wildman–Crippen MR) is 82.7 cm³/mol. The van der Waals surface area contributed by atoms with E-state index in [2.05, 4.69) is 5.32 Å². The minimum absolute atomic E-state index is 0.0747. The Bertz CT molecular complexity index is 613. The molecule has 0 bridgehead atoms. The lowest BCUT2D eigenvalue weighted by Gasteiger charge is -2.21. The van der Waals surface area contributed by atoms with Crippen molar-refractivity contribution in [3.63, 3.8) is 0 Å². The van der Waals surface area contributed by atoms with Crippen LogP contribution in [0.3, 0.4) is 0 Å². The Hall–Kier alpha value is -1.58.